The molecule has 4 saturated carbocycles. The van der Waals surface area contributed by atoms with E-state index in [1.165, 1.54) is 12.1 Å². The second-order valence-corrected chi connectivity index (χ2v) is 9.73. The number of para-hydroxylation sites is 1. The molecule has 4 fully saturated rings. The molecular weight excluding hydrogens is 336 g/mol. The van der Waals surface area contributed by atoms with Crippen LogP contribution in [0.3, 0.4) is 0 Å². The third kappa shape index (κ3) is 3.49. The number of rotatable bonds is 7. The first-order valence-corrected chi connectivity index (χ1v) is 10.6. The fraction of sp³-hybridized carbons (Fsp3) is 0.696. The molecule has 0 unspecified atom stereocenters. The number of nitrogens with one attached hydrogen (secondary N) is 1. The van der Waals surface area contributed by atoms with Gasteiger partial charge in [0.05, 0.1) is 11.0 Å². The lowest BCUT2D eigenvalue weighted by molar-refractivity contribution is -0.204. The van der Waals surface area contributed by atoms with Crippen molar-refractivity contribution in [3.8, 4) is 0 Å². The summed E-state index contributed by atoms with van der Waals surface area (Å²) in [4.78, 5) is 15.4. The second-order valence-electron chi connectivity index (χ2n) is 9.73. The molecule has 4 heteroatoms. The molecule has 4 bridgehead atoms. The summed E-state index contributed by atoms with van der Waals surface area (Å²) in [6.07, 6.45) is 7.67. The topological polar surface area (TPSA) is 52.6 Å². The minimum atomic E-state index is -0.597. The van der Waals surface area contributed by atoms with Crippen LogP contribution in [0.15, 0.2) is 30.3 Å². The maximum Gasteiger partial charge on any atom is 0.226 e. The van der Waals surface area contributed by atoms with Crippen LogP contribution >= 0.6 is 0 Å². The van der Waals surface area contributed by atoms with E-state index in [-0.39, 0.29) is 16.7 Å². The average Bonchev–Trinajstić information content (AvgIpc) is 2.63. The minimum Gasteiger partial charge on any atom is -0.390 e. The highest BCUT2D eigenvalue weighted by atomic mass is 16.3. The van der Waals surface area contributed by atoms with Gasteiger partial charge in [0.1, 0.15) is 0 Å². The third-order valence-corrected chi connectivity index (χ3v) is 7.54. The molecule has 5 rings (SSSR count). The van der Waals surface area contributed by atoms with Crippen LogP contribution in [0, 0.1) is 16.7 Å². The van der Waals surface area contributed by atoms with Gasteiger partial charge in [-0.15, -0.1) is 0 Å². The molecular formula is C23H34N2O2. The number of benzene rings is 1. The Morgan fingerprint density at radius 2 is 1.96 bits per heavy atom. The summed E-state index contributed by atoms with van der Waals surface area (Å²) in [7, 11) is 2.09. The molecule has 0 saturated heterocycles. The number of aliphatic hydroxyl groups is 1. The fourth-order valence-electron chi connectivity index (χ4n) is 6.75. The smallest absolute Gasteiger partial charge is 0.226 e. The molecule has 1 aromatic rings. The van der Waals surface area contributed by atoms with Crippen molar-refractivity contribution in [3.63, 3.8) is 0 Å². The normalized spacial score (nSPS) is 36.6. The summed E-state index contributed by atoms with van der Waals surface area (Å²) in [6, 6.07) is 10.3. The van der Waals surface area contributed by atoms with Gasteiger partial charge in [0, 0.05) is 25.8 Å². The van der Waals surface area contributed by atoms with Crippen molar-refractivity contribution >= 4 is 11.6 Å². The number of hydrogen-bond donors (Lipinski definition) is 2. The molecule has 0 radical (unpaired) electrons. The Kier molecular flexibility index (Phi) is 4.74. The maximum atomic E-state index is 13.2. The minimum absolute atomic E-state index is 0.193. The van der Waals surface area contributed by atoms with Crippen LogP contribution in [0.25, 0.3) is 0 Å². The fourth-order valence-corrected chi connectivity index (χ4v) is 6.75. The Labute approximate surface area is 163 Å². The van der Waals surface area contributed by atoms with E-state index in [1.54, 1.807) is 0 Å². The summed E-state index contributed by atoms with van der Waals surface area (Å²) in [5.74, 6) is 0.728. The number of amides is 1. The quantitative estimate of drug-likeness (QED) is 0.719. The van der Waals surface area contributed by atoms with Gasteiger partial charge in [-0.3, -0.25) is 4.79 Å². The second kappa shape index (κ2) is 6.80. The molecule has 0 spiro atoms. The first-order chi connectivity index (χ1) is 12.9. The lowest BCUT2D eigenvalue weighted by atomic mass is 9.42. The van der Waals surface area contributed by atoms with Gasteiger partial charge in [-0.1, -0.05) is 31.5 Å². The molecule has 4 atom stereocenters. The SMILES string of the molecule is CC[C@@]12C[C@@H]3C[C@@](O)(C1)C[C@@](C(=O)NCCCN(C)c1ccccc1)(C3)C2. The highest BCUT2D eigenvalue weighted by molar-refractivity contribution is 5.83. The number of carbonyl (C=O) groups is 1. The van der Waals surface area contributed by atoms with Gasteiger partial charge in [0.25, 0.3) is 0 Å². The van der Waals surface area contributed by atoms with E-state index >= 15 is 0 Å². The number of carbonyl (C=O) groups excluding carboxylic acids is 1. The third-order valence-electron chi connectivity index (χ3n) is 7.54. The highest BCUT2D eigenvalue weighted by Crippen LogP contribution is 2.67. The first-order valence-electron chi connectivity index (χ1n) is 10.6. The lowest BCUT2D eigenvalue weighted by Crippen LogP contribution is -2.63. The van der Waals surface area contributed by atoms with E-state index in [2.05, 4.69) is 48.5 Å². The Hall–Kier alpha value is -1.55. The van der Waals surface area contributed by atoms with Crippen LogP contribution in [-0.4, -0.2) is 36.8 Å². The zero-order valence-electron chi connectivity index (χ0n) is 16.8. The van der Waals surface area contributed by atoms with Gasteiger partial charge < -0.3 is 15.3 Å². The van der Waals surface area contributed by atoms with Crippen molar-refractivity contribution in [1.82, 2.24) is 5.32 Å². The van der Waals surface area contributed by atoms with Crippen LogP contribution in [0.4, 0.5) is 5.69 Å². The Morgan fingerprint density at radius 1 is 1.19 bits per heavy atom. The lowest BCUT2D eigenvalue weighted by Gasteiger charge is -2.64. The van der Waals surface area contributed by atoms with Crippen LogP contribution in [0.1, 0.15) is 58.3 Å². The number of nitrogens with zero attached hydrogens (tertiary/aromatic N) is 1. The summed E-state index contributed by atoms with van der Waals surface area (Å²) in [5, 5.41) is 14.3. The molecule has 1 aromatic carbocycles. The molecule has 2 N–H and O–H groups in total. The zero-order chi connectivity index (χ0) is 19.1. The van der Waals surface area contributed by atoms with Crippen LogP contribution < -0.4 is 10.2 Å². The van der Waals surface area contributed by atoms with Gasteiger partial charge in [0.2, 0.25) is 5.91 Å². The van der Waals surface area contributed by atoms with E-state index < -0.39 is 5.60 Å². The standard InChI is InChI=1S/C23H34N2O2/c1-3-21-12-18-13-22(15-21,17-23(27,14-18)16-21)20(26)24-10-7-11-25(2)19-8-5-4-6-9-19/h4-6,8-9,18,27H,3,7,10-17H2,1-2H3,(H,24,26)/t18-,21-,22+,23+/m0/s1. The van der Waals surface area contributed by atoms with Crippen molar-refractivity contribution in [3.05, 3.63) is 30.3 Å². The van der Waals surface area contributed by atoms with Gasteiger partial charge in [0.15, 0.2) is 0 Å². The molecule has 4 aliphatic rings. The monoisotopic (exact) mass is 370 g/mol. The molecule has 4 nitrogen and oxygen atoms in total. The molecule has 4 aliphatic carbocycles. The Balaban J connectivity index is 1.33. The molecule has 0 aliphatic heterocycles. The highest BCUT2D eigenvalue weighted by Gasteiger charge is 2.64. The van der Waals surface area contributed by atoms with Gasteiger partial charge in [-0.2, -0.15) is 0 Å². The largest absolute Gasteiger partial charge is 0.390 e. The summed E-state index contributed by atoms with van der Waals surface area (Å²) >= 11 is 0. The van der Waals surface area contributed by atoms with E-state index in [9.17, 15) is 9.90 Å². The van der Waals surface area contributed by atoms with Crippen molar-refractivity contribution in [1.29, 1.82) is 0 Å². The van der Waals surface area contributed by atoms with E-state index in [0.717, 1.165) is 45.1 Å². The Bertz CT molecular complexity index is 693. The van der Waals surface area contributed by atoms with Crippen molar-refractivity contribution in [2.24, 2.45) is 16.7 Å². The van der Waals surface area contributed by atoms with Crippen LogP contribution in [0.2, 0.25) is 0 Å². The molecule has 0 aromatic heterocycles. The number of anilines is 1. The first kappa shape index (κ1) is 18.8. The molecule has 1 amide bonds. The van der Waals surface area contributed by atoms with Gasteiger partial charge in [-0.25, -0.2) is 0 Å². The summed E-state index contributed by atoms with van der Waals surface area (Å²) in [6.45, 7) is 3.87. The molecule has 148 valence electrons. The van der Waals surface area contributed by atoms with Gasteiger partial charge >= 0.3 is 0 Å². The predicted octanol–water partition coefficient (Wildman–Crippen LogP) is 3.74. The maximum absolute atomic E-state index is 13.2. The van der Waals surface area contributed by atoms with E-state index in [4.69, 9.17) is 0 Å². The molecule has 27 heavy (non-hydrogen) atoms. The Morgan fingerprint density at radius 3 is 2.67 bits per heavy atom. The van der Waals surface area contributed by atoms with Crippen molar-refractivity contribution in [2.75, 3.05) is 25.0 Å². The van der Waals surface area contributed by atoms with Crippen molar-refractivity contribution in [2.45, 2.75) is 63.9 Å². The number of hydrogen-bond acceptors (Lipinski definition) is 3. The van der Waals surface area contributed by atoms with Crippen LogP contribution in [-0.2, 0) is 4.79 Å². The predicted molar refractivity (Wildman–Crippen MR) is 109 cm³/mol. The van der Waals surface area contributed by atoms with Crippen molar-refractivity contribution < 1.29 is 9.90 Å². The summed E-state index contributed by atoms with van der Waals surface area (Å²) < 4.78 is 0. The zero-order valence-corrected chi connectivity index (χ0v) is 16.8. The average molecular weight is 371 g/mol. The molecule has 0 heterocycles. The summed E-state index contributed by atoms with van der Waals surface area (Å²) in [5.41, 5.74) is 0.478. The van der Waals surface area contributed by atoms with E-state index in [1.807, 2.05) is 6.07 Å². The van der Waals surface area contributed by atoms with Gasteiger partial charge in [-0.05, 0) is 68.4 Å². The van der Waals surface area contributed by atoms with E-state index in [0.29, 0.717) is 18.9 Å². The van der Waals surface area contributed by atoms with Crippen LogP contribution in [0.5, 0.6) is 0 Å².